The zero-order chi connectivity index (χ0) is 17.2. The maximum atomic E-state index is 12.7. The van der Waals surface area contributed by atoms with Crippen LogP contribution in [0.5, 0.6) is 17.4 Å². The van der Waals surface area contributed by atoms with E-state index >= 15 is 0 Å². The number of nitro groups is 1. The number of rotatable bonds is 5. The van der Waals surface area contributed by atoms with Gasteiger partial charge in [-0.1, -0.05) is 0 Å². The molecule has 0 atom stereocenters. The quantitative estimate of drug-likeness (QED) is 0.620. The van der Waals surface area contributed by atoms with Crippen LogP contribution in [0.25, 0.3) is 0 Å². The summed E-state index contributed by atoms with van der Waals surface area (Å²) in [5.74, 6) is -0.352. The molecule has 0 aliphatic carbocycles. The zero-order valence-corrected chi connectivity index (χ0v) is 11.8. The Balaban J connectivity index is 2.30. The highest BCUT2D eigenvalue weighted by atomic mass is 19.4. The number of alkyl halides is 3. The number of hydrogen-bond acceptors (Lipinski definition) is 5. The molecule has 0 saturated carbocycles. The fraction of sp³-hybridized carbons (Fsp3) is 0.231. The normalized spacial score (nSPS) is 11.3. The summed E-state index contributed by atoms with van der Waals surface area (Å²) in [6.07, 6.45) is -4.57. The maximum Gasteiger partial charge on any atom is 0.433 e. The number of benzene rings is 1. The molecule has 0 saturated heterocycles. The predicted molar refractivity (Wildman–Crippen MR) is 72.2 cm³/mol. The van der Waals surface area contributed by atoms with Gasteiger partial charge in [-0.15, -0.1) is 5.10 Å². The lowest BCUT2D eigenvalue weighted by molar-refractivity contribution is -0.385. The standard InChI is InChI=1S/C13H11F3N3O4/c1-3-22-10-6-8(4-5-9(10)19(20)21)23-12-7-11(13(14,15)16)18(2)17-12/h4-7H,1,3H2,2H3. The second kappa shape index (κ2) is 6.15. The van der Waals surface area contributed by atoms with Gasteiger partial charge in [-0.05, 0) is 13.0 Å². The minimum absolute atomic E-state index is 0.0471. The van der Waals surface area contributed by atoms with Gasteiger partial charge in [0.1, 0.15) is 11.4 Å². The number of aryl methyl sites for hydroxylation is 1. The van der Waals surface area contributed by atoms with Crippen molar-refractivity contribution in [1.82, 2.24) is 9.78 Å². The number of nitro benzene ring substituents is 1. The summed E-state index contributed by atoms with van der Waals surface area (Å²) in [5.41, 5.74) is -1.29. The molecule has 1 radical (unpaired) electrons. The number of hydrogen-bond donors (Lipinski definition) is 0. The van der Waals surface area contributed by atoms with E-state index in [1.54, 1.807) is 0 Å². The lowest BCUT2D eigenvalue weighted by Gasteiger charge is -2.07. The molecule has 2 rings (SSSR count). The maximum absolute atomic E-state index is 12.7. The average Bonchev–Trinajstić information content (AvgIpc) is 2.80. The van der Waals surface area contributed by atoms with Crippen LogP contribution in [-0.2, 0) is 13.2 Å². The summed E-state index contributed by atoms with van der Waals surface area (Å²) >= 11 is 0. The van der Waals surface area contributed by atoms with E-state index in [0.717, 1.165) is 19.2 Å². The zero-order valence-electron chi connectivity index (χ0n) is 11.8. The van der Waals surface area contributed by atoms with E-state index in [9.17, 15) is 23.3 Å². The van der Waals surface area contributed by atoms with Crippen LogP contribution in [-0.4, -0.2) is 21.3 Å². The highest BCUT2D eigenvalue weighted by Crippen LogP contribution is 2.35. The van der Waals surface area contributed by atoms with E-state index in [4.69, 9.17) is 9.47 Å². The second-order valence-electron chi connectivity index (χ2n) is 4.33. The monoisotopic (exact) mass is 330 g/mol. The Morgan fingerprint density at radius 1 is 1.39 bits per heavy atom. The molecule has 123 valence electrons. The van der Waals surface area contributed by atoms with Gasteiger partial charge in [-0.2, -0.15) is 13.2 Å². The molecular formula is C13H11F3N3O4. The van der Waals surface area contributed by atoms with E-state index in [2.05, 4.69) is 12.0 Å². The number of ether oxygens (including phenoxy) is 2. The first kappa shape index (κ1) is 16.6. The van der Waals surface area contributed by atoms with Gasteiger partial charge in [0.25, 0.3) is 0 Å². The SMILES string of the molecule is [CH2]COc1cc(Oc2cc(C(F)(F)F)n(C)n2)ccc1[N+](=O)[O-]. The first-order valence-corrected chi connectivity index (χ1v) is 6.22. The minimum atomic E-state index is -4.57. The van der Waals surface area contributed by atoms with Crippen LogP contribution < -0.4 is 9.47 Å². The summed E-state index contributed by atoms with van der Waals surface area (Å²) in [4.78, 5) is 10.2. The molecule has 0 aliphatic rings. The van der Waals surface area contributed by atoms with Gasteiger partial charge in [-0.3, -0.25) is 14.8 Å². The Hall–Kier alpha value is -2.78. The Labute approximate surface area is 128 Å². The Morgan fingerprint density at radius 3 is 2.61 bits per heavy atom. The van der Waals surface area contributed by atoms with Crippen molar-refractivity contribution < 1.29 is 27.6 Å². The van der Waals surface area contributed by atoms with Crippen LogP contribution in [0.3, 0.4) is 0 Å². The van der Waals surface area contributed by atoms with Gasteiger partial charge in [0, 0.05) is 25.2 Å². The van der Waals surface area contributed by atoms with Crippen molar-refractivity contribution in [3.8, 4) is 17.4 Å². The van der Waals surface area contributed by atoms with Crippen LogP contribution in [0.2, 0.25) is 0 Å². The van der Waals surface area contributed by atoms with Crippen molar-refractivity contribution in [1.29, 1.82) is 0 Å². The smallest absolute Gasteiger partial charge is 0.433 e. The van der Waals surface area contributed by atoms with Gasteiger partial charge in [-0.25, -0.2) is 0 Å². The van der Waals surface area contributed by atoms with E-state index in [1.165, 1.54) is 12.1 Å². The Morgan fingerprint density at radius 2 is 2.09 bits per heavy atom. The average molecular weight is 330 g/mol. The molecule has 10 heteroatoms. The minimum Gasteiger partial charge on any atom is -0.487 e. The fourth-order valence-electron chi connectivity index (χ4n) is 1.81. The predicted octanol–water partition coefficient (Wildman–Crippen LogP) is 3.35. The van der Waals surface area contributed by atoms with Crippen molar-refractivity contribution in [2.24, 2.45) is 7.05 Å². The third kappa shape index (κ3) is 3.71. The first-order valence-electron chi connectivity index (χ1n) is 6.22. The molecule has 0 bridgehead atoms. The number of nitrogens with zero attached hydrogens (tertiary/aromatic N) is 3. The van der Waals surface area contributed by atoms with E-state index in [1.807, 2.05) is 0 Å². The summed E-state index contributed by atoms with van der Waals surface area (Å²) in [6.45, 7) is 3.35. The van der Waals surface area contributed by atoms with Crippen molar-refractivity contribution >= 4 is 5.69 Å². The Kier molecular flexibility index (Phi) is 4.43. The van der Waals surface area contributed by atoms with E-state index in [0.29, 0.717) is 4.68 Å². The van der Waals surface area contributed by atoms with Crippen molar-refractivity contribution in [3.63, 3.8) is 0 Å². The van der Waals surface area contributed by atoms with Gasteiger partial charge in [0.05, 0.1) is 11.5 Å². The van der Waals surface area contributed by atoms with Crippen molar-refractivity contribution in [3.05, 3.63) is 47.0 Å². The van der Waals surface area contributed by atoms with Crippen molar-refractivity contribution in [2.75, 3.05) is 6.61 Å². The third-order valence-electron chi connectivity index (χ3n) is 2.76. The fourth-order valence-corrected chi connectivity index (χ4v) is 1.81. The largest absolute Gasteiger partial charge is 0.487 e. The number of halogens is 3. The second-order valence-corrected chi connectivity index (χ2v) is 4.33. The molecule has 0 spiro atoms. The molecule has 23 heavy (non-hydrogen) atoms. The summed E-state index contributed by atoms with van der Waals surface area (Å²) in [6, 6.07) is 4.26. The molecule has 0 fully saturated rings. The molecular weight excluding hydrogens is 319 g/mol. The summed E-state index contributed by atoms with van der Waals surface area (Å²) in [7, 11) is 1.13. The highest BCUT2D eigenvalue weighted by molar-refractivity contribution is 5.51. The first-order chi connectivity index (χ1) is 10.7. The van der Waals surface area contributed by atoms with E-state index in [-0.39, 0.29) is 29.7 Å². The van der Waals surface area contributed by atoms with E-state index < -0.39 is 16.8 Å². The van der Waals surface area contributed by atoms with Crippen LogP contribution >= 0.6 is 0 Å². The van der Waals surface area contributed by atoms with Gasteiger partial charge in [0.15, 0.2) is 0 Å². The highest BCUT2D eigenvalue weighted by Gasteiger charge is 2.35. The molecule has 2 aromatic rings. The topological polar surface area (TPSA) is 79.4 Å². The molecule has 0 N–H and O–H groups in total. The molecule has 7 nitrogen and oxygen atoms in total. The lowest BCUT2D eigenvalue weighted by Crippen LogP contribution is -2.11. The molecule has 0 aliphatic heterocycles. The van der Waals surface area contributed by atoms with Gasteiger partial charge < -0.3 is 9.47 Å². The molecule has 0 amide bonds. The third-order valence-corrected chi connectivity index (χ3v) is 2.76. The van der Waals surface area contributed by atoms with Gasteiger partial charge in [0.2, 0.25) is 11.6 Å². The molecule has 1 aromatic carbocycles. The Bertz CT molecular complexity index is 728. The van der Waals surface area contributed by atoms with Gasteiger partial charge >= 0.3 is 11.9 Å². The molecule has 1 aromatic heterocycles. The lowest BCUT2D eigenvalue weighted by atomic mass is 10.3. The van der Waals surface area contributed by atoms with Crippen LogP contribution in [0.4, 0.5) is 18.9 Å². The van der Waals surface area contributed by atoms with Crippen LogP contribution in [0.15, 0.2) is 24.3 Å². The summed E-state index contributed by atoms with van der Waals surface area (Å²) < 4.78 is 48.9. The van der Waals surface area contributed by atoms with Crippen LogP contribution in [0, 0.1) is 17.0 Å². The summed E-state index contributed by atoms with van der Waals surface area (Å²) in [5, 5.41) is 14.4. The molecule has 1 heterocycles. The van der Waals surface area contributed by atoms with Crippen molar-refractivity contribution in [2.45, 2.75) is 6.18 Å². The molecule has 0 unspecified atom stereocenters. The van der Waals surface area contributed by atoms with Crippen LogP contribution in [0.1, 0.15) is 5.69 Å². The number of aromatic nitrogens is 2.